The average molecular weight is 495 g/mol. The van der Waals surface area contributed by atoms with Crippen LogP contribution in [-0.2, 0) is 21.4 Å². The summed E-state index contributed by atoms with van der Waals surface area (Å²) in [6, 6.07) is 17.1. The van der Waals surface area contributed by atoms with Crippen LogP contribution in [-0.4, -0.2) is 39.5 Å². The fourth-order valence-electron chi connectivity index (χ4n) is 3.83. The molecule has 2 aromatic heterocycles. The first-order valence-corrected chi connectivity index (χ1v) is 12.4. The standard InChI is InChI=1S/C23H18N4O5S2/c28-21(16-7-9-18(10-8-16)26-12-4-11-24-26)25-19-13-17-14-27(34(31,32)23(17)33-19)20(22(29)30)15-5-2-1-3-6-15/h1-13,20H,14H2,(H,25,28)(H,29,30). The third-order valence-corrected chi connectivity index (χ3v) is 8.87. The summed E-state index contributed by atoms with van der Waals surface area (Å²) in [6.07, 6.45) is 3.45. The molecular formula is C23H18N4O5S2. The van der Waals surface area contributed by atoms with Gasteiger partial charge in [-0.25, -0.2) is 13.1 Å². The van der Waals surface area contributed by atoms with Crippen LogP contribution in [0.4, 0.5) is 5.00 Å². The molecule has 2 N–H and O–H groups in total. The van der Waals surface area contributed by atoms with E-state index in [0.717, 1.165) is 21.3 Å². The molecule has 172 valence electrons. The van der Waals surface area contributed by atoms with Crippen LogP contribution in [0.5, 0.6) is 0 Å². The molecule has 0 saturated carbocycles. The van der Waals surface area contributed by atoms with Crippen LogP contribution in [0.2, 0.25) is 0 Å². The molecule has 1 aliphatic rings. The Balaban J connectivity index is 1.35. The van der Waals surface area contributed by atoms with Crippen molar-refractivity contribution in [2.45, 2.75) is 16.8 Å². The monoisotopic (exact) mass is 494 g/mol. The van der Waals surface area contributed by atoms with Crippen molar-refractivity contribution >= 4 is 38.2 Å². The minimum Gasteiger partial charge on any atom is -0.480 e. The van der Waals surface area contributed by atoms with Crippen molar-refractivity contribution in [2.24, 2.45) is 0 Å². The van der Waals surface area contributed by atoms with Gasteiger partial charge in [0.15, 0.2) is 0 Å². The molecule has 3 heterocycles. The zero-order valence-electron chi connectivity index (χ0n) is 17.5. The highest BCUT2D eigenvalue weighted by atomic mass is 32.2. The maximum Gasteiger partial charge on any atom is 0.326 e. The second-order valence-electron chi connectivity index (χ2n) is 7.58. The molecule has 34 heavy (non-hydrogen) atoms. The van der Waals surface area contributed by atoms with Gasteiger partial charge in [-0.05, 0) is 42.0 Å². The van der Waals surface area contributed by atoms with Crippen LogP contribution in [0, 0.1) is 0 Å². The summed E-state index contributed by atoms with van der Waals surface area (Å²) in [4.78, 5) is 24.6. The van der Waals surface area contributed by atoms with Gasteiger partial charge < -0.3 is 10.4 Å². The lowest BCUT2D eigenvalue weighted by Gasteiger charge is -2.23. The Kier molecular flexibility index (Phi) is 5.52. The van der Waals surface area contributed by atoms with Crippen molar-refractivity contribution in [2.75, 3.05) is 5.32 Å². The second kappa shape index (κ2) is 8.52. The number of carbonyl (C=O) groups is 2. The number of sulfonamides is 1. The van der Waals surface area contributed by atoms with E-state index in [0.29, 0.717) is 21.7 Å². The summed E-state index contributed by atoms with van der Waals surface area (Å²) in [5, 5.41) is 17.0. The van der Waals surface area contributed by atoms with Gasteiger partial charge in [0.2, 0.25) is 0 Å². The number of anilines is 1. The van der Waals surface area contributed by atoms with Crippen LogP contribution < -0.4 is 5.32 Å². The van der Waals surface area contributed by atoms with Crippen LogP contribution in [0.15, 0.2) is 83.3 Å². The fourth-order valence-corrected chi connectivity index (χ4v) is 7.07. The first-order valence-electron chi connectivity index (χ1n) is 10.2. The quantitative estimate of drug-likeness (QED) is 0.423. The first kappa shape index (κ1) is 22.0. The summed E-state index contributed by atoms with van der Waals surface area (Å²) in [5.41, 5.74) is 2.04. The molecular weight excluding hydrogens is 476 g/mol. The predicted octanol–water partition coefficient (Wildman–Crippen LogP) is 3.52. The lowest BCUT2D eigenvalue weighted by molar-refractivity contribution is -0.141. The molecule has 4 aromatic rings. The van der Waals surface area contributed by atoms with E-state index >= 15 is 0 Å². The molecule has 2 aromatic carbocycles. The Morgan fingerprint density at radius 2 is 1.79 bits per heavy atom. The average Bonchev–Trinajstić information content (AvgIpc) is 3.54. The smallest absolute Gasteiger partial charge is 0.326 e. The zero-order valence-corrected chi connectivity index (χ0v) is 19.2. The summed E-state index contributed by atoms with van der Waals surface area (Å²) >= 11 is 0.913. The number of rotatable bonds is 6. The Labute approximate surface area is 198 Å². The van der Waals surface area contributed by atoms with E-state index in [1.54, 1.807) is 83.8 Å². The molecule has 0 radical (unpaired) electrons. The highest BCUT2D eigenvalue weighted by Crippen LogP contribution is 2.43. The summed E-state index contributed by atoms with van der Waals surface area (Å²) in [6.45, 7) is -0.0888. The number of hydrogen-bond acceptors (Lipinski definition) is 6. The maximum atomic E-state index is 13.2. The van der Waals surface area contributed by atoms with Crippen molar-refractivity contribution in [3.05, 3.63) is 95.8 Å². The Morgan fingerprint density at radius 1 is 1.06 bits per heavy atom. The SMILES string of the molecule is O=C(Nc1cc2c(s1)S(=O)(=O)N(C(C(=O)O)c1ccccc1)C2)c1ccc(-n2cccn2)cc1. The number of carboxylic acid groups (broad SMARTS) is 1. The number of amides is 1. The number of hydrogen-bond donors (Lipinski definition) is 2. The number of aliphatic carboxylic acids is 1. The Hall–Kier alpha value is -3.80. The molecule has 0 saturated heterocycles. The highest BCUT2D eigenvalue weighted by molar-refractivity contribution is 7.91. The normalized spacial score (nSPS) is 15.5. The van der Waals surface area contributed by atoms with E-state index in [9.17, 15) is 23.1 Å². The van der Waals surface area contributed by atoms with Crippen molar-refractivity contribution in [1.29, 1.82) is 0 Å². The summed E-state index contributed by atoms with van der Waals surface area (Å²) in [7, 11) is -4.04. The number of carboxylic acids is 1. The van der Waals surface area contributed by atoms with E-state index in [1.807, 2.05) is 0 Å². The van der Waals surface area contributed by atoms with Gasteiger partial charge in [-0.2, -0.15) is 9.40 Å². The molecule has 11 heteroatoms. The first-order chi connectivity index (χ1) is 16.3. The van der Waals surface area contributed by atoms with Crippen LogP contribution in [0.1, 0.15) is 27.5 Å². The lowest BCUT2D eigenvalue weighted by atomic mass is 10.1. The highest BCUT2D eigenvalue weighted by Gasteiger charge is 2.44. The van der Waals surface area contributed by atoms with E-state index in [-0.39, 0.29) is 16.7 Å². The molecule has 9 nitrogen and oxygen atoms in total. The molecule has 1 aliphatic heterocycles. The molecule has 1 atom stereocenters. The van der Waals surface area contributed by atoms with Crippen LogP contribution >= 0.6 is 11.3 Å². The number of aromatic nitrogens is 2. The number of nitrogens with one attached hydrogen (secondary N) is 1. The molecule has 0 spiro atoms. The van der Waals surface area contributed by atoms with Crippen molar-refractivity contribution in [1.82, 2.24) is 14.1 Å². The third kappa shape index (κ3) is 3.89. The topological polar surface area (TPSA) is 122 Å². The molecule has 0 bridgehead atoms. The predicted molar refractivity (Wildman–Crippen MR) is 125 cm³/mol. The summed E-state index contributed by atoms with van der Waals surface area (Å²) in [5.74, 6) is -1.63. The van der Waals surface area contributed by atoms with E-state index in [1.165, 1.54) is 0 Å². The van der Waals surface area contributed by atoms with Gasteiger partial charge in [-0.1, -0.05) is 30.3 Å². The molecule has 0 fully saturated rings. The van der Waals surface area contributed by atoms with Crippen molar-refractivity contribution < 1.29 is 23.1 Å². The number of carbonyl (C=O) groups excluding carboxylic acids is 1. The lowest BCUT2D eigenvalue weighted by Crippen LogP contribution is -2.34. The maximum absolute atomic E-state index is 13.2. The van der Waals surface area contributed by atoms with Gasteiger partial charge in [0.25, 0.3) is 15.9 Å². The van der Waals surface area contributed by atoms with E-state index in [2.05, 4.69) is 10.4 Å². The van der Waals surface area contributed by atoms with Gasteiger partial charge in [-0.15, -0.1) is 11.3 Å². The van der Waals surface area contributed by atoms with E-state index in [4.69, 9.17) is 0 Å². The van der Waals surface area contributed by atoms with Crippen LogP contribution in [0.25, 0.3) is 5.69 Å². The van der Waals surface area contributed by atoms with Gasteiger partial charge in [0.05, 0.1) is 10.7 Å². The van der Waals surface area contributed by atoms with Crippen molar-refractivity contribution in [3.8, 4) is 5.69 Å². The number of nitrogens with zero attached hydrogens (tertiary/aromatic N) is 3. The third-order valence-electron chi connectivity index (χ3n) is 5.41. The molecule has 0 aliphatic carbocycles. The number of fused-ring (bicyclic) bond motifs is 1. The molecule has 5 rings (SSSR count). The van der Waals surface area contributed by atoms with Gasteiger partial charge in [0.1, 0.15) is 10.3 Å². The minimum absolute atomic E-state index is 0.0408. The zero-order chi connectivity index (χ0) is 23.9. The van der Waals surface area contributed by atoms with Crippen LogP contribution in [0.3, 0.4) is 0 Å². The largest absolute Gasteiger partial charge is 0.480 e. The summed E-state index contributed by atoms with van der Waals surface area (Å²) < 4.78 is 29.0. The van der Waals surface area contributed by atoms with Gasteiger partial charge >= 0.3 is 5.97 Å². The molecule has 1 unspecified atom stereocenters. The van der Waals surface area contributed by atoms with Gasteiger partial charge in [0, 0.05) is 30.1 Å². The van der Waals surface area contributed by atoms with E-state index < -0.39 is 22.0 Å². The fraction of sp³-hybridized carbons (Fsp3) is 0.0870. The minimum atomic E-state index is -4.04. The van der Waals surface area contributed by atoms with Gasteiger partial charge in [-0.3, -0.25) is 9.59 Å². The number of benzene rings is 2. The molecule has 1 amide bonds. The number of thiophene rings is 1. The Bertz CT molecular complexity index is 1460. The van der Waals surface area contributed by atoms with Crippen molar-refractivity contribution in [3.63, 3.8) is 0 Å². The second-order valence-corrected chi connectivity index (χ2v) is 10.7. The Morgan fingerprint density at radius 3 is 2.41 bits per heavy atom.